The van der Waals surface area contributed by atoms with Crippen LogP contribution in [0.25, 0.3) is 5.82 Å². The number of imidazole rings is 1. The lowest BCUT2D eigenvalue weighted by Gasteiger charge is -2.28. The van der Waals surface area contributed by atoms with Crippen LogP contribution in [0.3, 0.4) is 0 Å². The van der Waals surface area contributed by atoms with Crippen LogP contribution in [0.15, 0.2) is 30.7 Å². The molecule has 2 aromatic heterocycles. The van der Waals surface area contributed by atoms with E-state index in [4.69, 9.17) is 0 Å². The molecule has 4 heteroatoms. The first-order valence-electron chi connectivity index (χ1n) is 7.45. The van der Waals surface area contributed by atoms with E-state index >= 15 is 0 Å². The summed E-state index contributed by atoms with van der Waals surface area (Å²) in [6, 6.07) is 4.65. The fourth-order valence-corrected chi connectivity index (χ4v) is 2.81. The number of nitrogens with one attached hydrogen (secondary N) is 1. The van der Waals surface area contributed by atoms with Crippen LogP contribution in [0.2, 0.25) is 0 Å². The van der Waals surface area contributed by atoms with Crippen LogP contribution in [-0.2, 0) is 0 Å². The Balaban J connectivity index is 1.62. The molecule has 0 spiro atoms. The van der Waals surface area contributed by atoms with E-state index in [1.165, 1.54) is 25.7 Å². The second kappa shape index (κ2) is 5.65. The lowest BCUT2D eigenvalue weighted by Crippen LogP contribution is -2.23. The van der Waals surface area contributed by atoms with E-state index < -0.39 is 0 Å². The summed E-state index contributed by atoms with van der Waals surface area (Å²) >= 11 is 0. The van der Waals surface area contributed by atoms with Crippen molar-refractivity contribution in [3.8, 4) is 5.82 Å². The average molecular weight is 270 g/mol. The number of hydrogen-bond acceptors (Lipinski definition) is 3. The van der Waals surface area contributed by atoms with Gasteiger partial charge in [-0.2, -0.15) is 0 Å². The van der Waals surface area contributed by atoms with Gasteiger partial charge in [-0.25, -0.2) is 9.97 Å². The molecule has 2 heterocycles. The van der Waals surface area contributed by atoms with Crippen LogP contribution < -0.4 is 5.32 Å². The molecule has 0 aliphatic heterocycles. The molecule has 1 unspecified atom stereocenters. The smallest absolute Gasteiger partial charge is 0.138 e. The summed E-state index contributed by atoms with van der Waals surface area (Å²) in [6.07, 6.45) is 11.1. The van der Waals surface area contributed by atoms with Crippen molar-refractivity contribution in [3.05, 3.63) is 36.5 Å². The summed E-state index contributed by atoms with van der Waals surface area (Å²) in [5, 5.41) is 3.54. The van der Waals surface area contributed by atoms with E-state index in [9.17, 15) is 0 Å². The van der Waals surface area contributed by atoms with Gasteiger partial charge >= 0.3 is 0 Å². The molecule has 1 fully saturated rings. The van der Waals surface area contributed by atoms with E-state index in [2.05, 4.69) is 28.3 Å². The third kappa shape index (κ3) is 2.84. The predicted octanol–water partition coefficient (Wildman–Crippen LogP) is 3.57. The van der Waals surface area contributed by atoms with Crippen molar-refractivity contribution in [1.29, 1.82) is 0 Å². The van der Waals surface area contributed by atoms with E-state index in [-0.39, 0.29) is 0 Å². The van der Waals surface area contributed by atoms with E-state index in [1.54, 1.807) is 6.20 Å². The molecule has 2 aromatic rings. The Morgan fingerprint density at radius 3 is 2.75 bits per heavy atom. The summed E-state index contributed by atoms with van der Waals surface area (Å²) in [4.78, 5) is 8.73. The van der Waals surface area contributed by atoms with Crippen molar-refractivity contribution in [2.45, 2.75) is 45.6 Å². The summed E-state index contributed by atoms with van der Waals surface area (Å²) in [7, 11) is 0. The lowest BCUT2D eigenvalue weighted by atomic mass is 9.81. The largest absolute Gasteiger partial charge is 0.381 e. The third-order valence-electron chi connectivity index (χ3n) is 4.15. The highest BCUT2D eigenvalue weighted by Gasteiger charge is 2.19. The fraction of sp³-hybridized carbons (Fsp3) is 0.500. The first kappa shape index (κ1) is 13.2. The van der Waals surface area contributed by atoms with Crippen LogP contribution in [-0.4, -0.2) is 20.6 Å². The topological polar surface area (TPSA) is 42.7 Å². The van der Waals surface area contributed by atoms with E-state index in [0.29, 0.717) is 6.04 Å². The van der Waals surface area contributed by atoms with Crippen LogP contribution in [0.5, 0.6) is 0 Å². The number of rotatable bonds is 5. The molecule has 0 saturated heterocycles. The molecule has 1 aliphatic carbocycles. The molecule has 0 amide bonds. The fourth-order valence-electron chi connectivity index (χ4n) is 2.81. The van der Waals surface area contributed by atoms with Gasteiger partial charge in [0.15, 0.2) is 0 Å². The van der Waals surface area contributed by atoms with Gasteiger partial charge in [0, 0.05) is 18.4 Å². The van der Waals surface area contributed by atoms with Crippen molar-refractivity contribution in [2.24, 2.45) is 5.92 Å². The molecule has 4 nitrogen and oxygen atoms in total. The van der Waals surface area contributed by atoms with Crippen molar-refractivity contribution in [1.82, 2.24) is 14.5 Å². The molecule has 0 radical (unpaired) electrons. The molecule has 3 rings (SSSR count). The second-order valence-electron chi connectivity index (χ2n) is 5.83. The van der Waals surface area contributed by atoms with Crippen LogP contribution in [0.1, 0.15) is 38.4 Å². The number of hydrogen-bond donors (Lipinski definition) is 1. The Hall–Kier alpha value is -1.84. The van der Waals surface area contributed by atoms with Crippen molar-refractivity contribution in [2.75, 3.05) is 5.32 Å². The molecule has 106 valence electrons. The minimum atomic E-state index is 0.517. The SMILES string of the molecule is Cc1nccn1-c1ccc(NC(C)CC2CCC2)cn1. The van der Waals surface area contributed by atoms with E-state index in [0.717, 1.165) is 23.2 Å². The zero-order chi connectivity index (χ0) is 13.9. The molecule has 1 aliphatic rings. The van der Waals surface area contributed by atoms with Crippen molar-refractivity contribution >= 4 is 5.69 Å². The number of nitrogens with zero attached hydrogens (tertiary/aromatic N) is 3. The Morgan fingerprint density at radius 2 is 2.20 bits per heavy atom. The molecular formula is C16H22N4. The first-order chi connectivity index (χ1) is 9.72. The highest BCUT2D eigenvalue weighted by Crippen LogP contribution is 2.31. The van der Waals surface area contributed by atoms with Crippen LogP contribution >= 0.6 is 0 Å². The quantitative estimate of drug-likeness (QED) is 0.903. The normalized spacial score (nSPS) is 16.7. The molecule has 0 bridgehead atoms. The predicted molar refractivity (Wildman–Crippen MR) is 81.1 cm³/mol. The highest BCUT2D eigenvalue weighted by molar-refractivity contribution is 5.44. The maximum absolute atomic E-state index is 4.51. The second-order valence-corrected chi connectivity index (χ2v) is 5.83. The first-order valence-corrected chi connectivity index (χ1v) is 7.45. The monoisotopic (exact) mass is 270 g/mol. The maximum Gasteiger partial charge on any atom is 0.138 e. The van der Waals surface area contributed by atoms with Gasteiger partial charge in [0.1, 0.15) is 11.6 Å². The van der Waals surface area contributed by atoms with Gasteiger partial charge < -0.3 is 5.32 Å². The Bertz CT molecular complexity index is 554. The maximum atomic E-state index is 4.51. The molecule has 0 aromatic carbocycles. The van der Waals surface area contributed by atoms with Gasteiger partial charge in [0.05, 0.1) is 11.9 Å². The lowest BCUT2D eigenvalue weighted by molar-refractivity contribution is 0.286. The molecular weight excluding hydrogens is 248 g/mol. The zero-order valence-electron chi connectivity index (χ0n) is 12.2. The highest BCUT2D eigenvalue weighted by atomic mass is 15.1. The number of aromatic nitrogens is 3. The van der Waals surface area contributed by atoms with Crippen LogP contribution in [0.4, 0.5) is 5.69 Å². The number of aryl methyl sites for hydroxylation is 1. The van der Waals surface area contributed by atoms with Gasteiger partial charge in [0.25, 0.3) is 0 Å². The zero-order valence-corrected chi connectivity index (χ0v) is 12.2. The molecule has 1 N–H and O–H groups in total. The number of pyridine rings is 1. The Morgan fingerprint density at radius 1 is 1.35 bits per heavy atom. The molecule has 1 atom stereocenters. The molecule has 20 heavy (non-hydrogen) atoms. The van der Waals surface area contributed by atoms with Gasteiger partial charge in [-0.3, -0.25) is 4.57 Å². The Kier molecular flexibility index (Phi) is 3.72. The third-order valence-corrected chi connectivity index (χ3v) is 4.15. The number of anilines is 1. The standard InChI is InChI=1S/C16H22N4/c1-12(10-14-4-3-5-14)19-15-6-7-16(18-11-15)20-9-8-17-13(20)2/h6-9,11-12,14,19H,3-5,10H2,1-2H3. The van der Waals surface area contributed by atoms with Gasteiger partial charge in [0.2, 0.25) is 0 Å². The van der Waals surface area contributed by atoms with E-state index in [1.807, 2.05) is 30.0 Å². The summed E-state index contributed by atoms with van der Waals surface area (Å²) in [6.45, 7) is 4.24. The van der Waals surface area contributed by atoms with Gasteiger partial charge in [-0.05, 0) is 38.3 Å². The van der Waals surface area contributed by atoms with Crippen molar-refractivity contribution in [3.63, 3.8) is 0 Å². The van der Waals surface area contributed by atoms with Crippen molar-refractivity contribution < 1.29 is 0 Å². The van der Waals surface area contributed by atoms with Crippen LogP contribution in [0, 0.1) is 12.8 Å². The summed E-state index contributed by atoms with van der Waals surface area (Å²) < 4.78 is 1.99. The summed E-state index contributed by atoms with van der Waals surface area (Å²) in [5.41, 5.74) is 1.10. The Labute approximate surface area is 120 Å². The summed E-state index contributed by atoms with van der Waals surface area (Å²) in [5.74, 6) is 2.80. The minimum absolute atomic E-state index is 0.517. The molecule has 1 saturated carbocycles. The minimum Gasteiger partial charge on any atom is -0.381 e. The van der Waals surface area contributed by atoms with Gasteiger partial charge in [-0.1, -0.05) is 19.3 Å². The average Bonchev–Trinajstić information content (AvgIpc) is 2.81. The van der Waals surface area contributed by atoms with Gasteiger partial charge in [-0.15, -0.1) is 0 Å².